The van der Waals surface area contributed by atoms with Crippen LogP contribution in [0, 0.1) is 11.2 Å². The van der Waals surface area contributed by atoms with Crippen molar-refractivity contribution >= 4 is 23.5 Å². The van der Waals surface area contributed by atoms with Gasteiger partial charge in [0.2, 0.25) is 11.8 Å². The van der Waals surface area contributed by atoms with Gasteiger partial charge in [-0.15, -0.1) is 0 Å². The van der Waals surface area contributed by atoms with Crippen molar-refractivity contribution in [3.05, 3.63) is 29.6 Å². The van der Waals surface area contributed by atoms with E-state index in [-0.39, 0.29) is 24.6 Å². The van der Waals surface area contributed by atoms with Crippen molar-refractivity contribution in [1.82, 2.24) is 5.32 Å². The van der Waals surface area contributed by atoms with Crippen LogP contribution in [0.1, 0.15) is 44.6 Å². The quantitative estimate of drug-likeness (QED) is 0.742. The summed E-state index contributed by atoms with van der Waals surface area (Å²) in [6.07, 6.45) is 0.709. The van der Waals surface area contributed by atoms with E-state index in [1.54, 1.807) is 13.8 Å². The topological polar surface area (TPSA) is 95.5 Å². The summed E-state index contributed by atoms with van der Waals surface area (Å²) in [5.41, 5.74) is -0.220. The van der Waals surface area contributed by atoms with E-state index in [0.29, 0.717) is 18.4 Å². The molecule has 2 rings (SSSR count). The molecule has 0 saturated heterocycles. The average Bonchev–Trinajstić information content (AvgIpc) is 2.54. The molecule has 0 saturated carbocycles. The first kappa shape index (κ1) is 17.9. The zero-order valence-corrected chi connectivity index (χ0v) is 13.7. The van der Waals surface area contributed by atoms with E-state index in [2.05, 4.69) is 10.6 Å². The molecule has 130 valence electrons. The molecule has 7 heteroatoms. The summed E-state index contributed by atoms with van der Waals surface area (Å²) in [6.45, 7) is 3.51. The third-order valence-electron chi connectivity index (χ3n) is 4.78. The van der Waals surface area contributed by atoms with Crippen LogP contribution >= 0.6 is 0 Å². The Balaban J connectivity index is 2.19. The maximum atomic E-state index is 13.3. The Bertz CT molecular complexity index is 671. The van der Waals surface area contributed by atoms with Crippen molar-refractivity contribution < 1.29 is 23.9 Å². The maximum absolute atomic E-state index is 13.3. The second kappa shape index (κ2) is 6.98. The van der Waals surface area contributed by atoms with E-state index in [4.69, 9.17) is 0 Å². The number of aliphatic carboxylic acids is 1. The summed E-state index contributed by atoms with van der Waals surface area (Å²) in [4.78, 5) is 35.8. The number of fused-ring (bicyclic) bond motifs is 1. The molecule has 2 amide bonds. The molecule has 1 aliphatic heterocycles. The van der Waals surface area contributed by atoms with Gasteiger partial charge in [-0.2, -0.15) is 0 Å². The van der Waals surface area contributed by atoms with Gasteiger partial charge in [-0.25, -0.2) is 4.39 Å². The molecule has 1 aromatic rings. The van der Waals surface area contributed by atoms with Crippen molar-refractivity contribution in [2.24, 2.45) is 5.41 Å². The minimum atomic E-state index is -1.03. The van der Waals surface area contributed by atoms with Crippen molar-refractivity contribution in [3.63, 3.8) is 0 Å². The Kier molecular flexibility index (Phi) is 5.21. The molecule has 0 fully saturated rings. The summed E-state index contributed by atoms with van der Waals surface area (Å²) >= 11 is 0. The molecule has 1 atom stereocenters. The smallest absolute Gasteiger partial charge is 0.311 e. The van der Waals surface area contributed by atoms with Crippen molar-refractivity contribution in [2.75, 3.05) is 11.9 Å². The van der Waals surface area contributed by atoms with Gasteiger partial charge in [0.15, 0.2) is 0 Å². The predicted octanol–water partition coefficient (Wildman–Crippen LogP) is 2.26. The molecular weight excluding hydrogens is 315 g/mol. The molecule has 0 bridgehead atoms. The van der Waals surface area contributed by atoms with Crippen LogP contribution in [-0.2, 0) is 14.4 Å². The molecule has 6 nitrogen and oxygen atoms in total. The van der Waals surface area contributed by atoms with Gasteiger partial charge in [0.1, 0.15) is 5.82 Å². The van der Waals surface area contributed by atoms with Crippen LogP contribution in [0.2, 0.25) is 0 Å². The van der Waals surface area contributed by atoms with E-state index in [9.17, 15) is 23.9 Å². The number of carboxylic acids is 1. The van der Waals surface area contributed by atoms with E-state index in [0.717, 1.165) is 0 Å². The Labute approximate surface area is 139 Å². The highest BCUT2D eigenvalue weighted by atomic mass is 19.1. The first-order valence-electron chi connectivity index (χ1n) is 7.93. The lowest BCUT2D eigenvalue weighted by Gasteiger charge is -2.29. The normalized spacial score (nSPS) is 17.0. The summed E-state index contributed by atoms with van der Waals surface area (Å²) in [5.74, 6) is -3.02. The van der Waals surface area contributed by atoms with Crippen molar-refractivity contribution in [3.8, 4) is 0 Å². The minimum Gasteiger partial charge on any atom is -0.481 e. The van der Waals surface area contributed by atoms with Crippen LogP contribution in [0.15, 0.2) is 18.2 Å². The number of hydrogen-bond donors (Lipinski definition) is 3. The van der Waals surface area contributed by atoms with Crippen LogP contribution in [0.5, 0.6) is 0 Å². The third kappa shape index (κ3) is 3.39. The van der Waals surface area contributed by atoms with Gasteiger partial charge in [0.25, 0.3) is 0 Å². The highest BCUT2D eigenvalue weighted by Gasteiger charge is 2.37. The SMILES string of the molecule is CCC(CC)(CNC(=O)C1CC(=O)Nc2cc(F)ccc21)C(=O)O. The van der Waals surface area contributed by atoms with Gasteiger partial charge in [0.05, 0.1) is 11.3 Å². The van der Waals surface area contributed by atoms with Gasteiger partial charge in [-0.05, 0) is 30.5 Å². The number of carboxylic acid groups (broad SMARTS) is 1. The Morgan fingerprint density at radius 3 is 2.62 bits per heavy atom. The summed E-state index contributed by atoms with van der Waals surface area (Å²) in [6, 6.07) is 3.88. The molecule has 0 aliphatic carbocycles. The number of halogens is 1. The fraction of sp³-hybridized carbons (Fsp3) is 0.471. The first-order chi connectivity index (χ1) is 11.3. The number of amides is 2. The molecule has 3 N–H and O–H groups in total. The maximum Gasteiger partial charge on any atom is 0.311 e. The zero-order valence-electron chi connectivity index (χ0n) is 13.7. The number of nitrogens with one attached hydrogen (secondary N) is 2. The molecule has 0 spiro atoms. The van der Waals surface area contributed by atoms with Crippen LogP contribution in [0.3, 0.4) is 0 Å². The zero-order chi connectivity index (χ0) is 17.9. The minimum absolute atomic E-state index is 0.0111. The largest absolute Gasteiger partial charge is 0.481 e. The number of carbonyl (C=O) groups excluding carboxylic acids is 2. The molecule has 1 unspecified atom stereocenters. The number of benzene rings is 1. The van der Waals surface area contributed by atoms with Crippen LogP contribution in [0.4, 0.5) is 10.1 Å². The van der Waals surface area contributed by atoms with Gasteiger partial charge in [-0.1, -0.05) is 19.9 Å². The molecule has 24 heavy (non-hydrogen) atoms. The third-order valence-corrected chi connectivity index (χ3v) is 4.78. The van der Waals surface area contributed by atoms with Crippen molar-refractivity contribution in [2.45, 2.75) is 39.0 Å². The van der Waals surface area contributed by atoms with Gasteiger partial charge < -0.3 is 15.7 Å². The van der Waals surface area contributed by atoms with Gasteiger partial charge >= 0.3 is 5.97 Å². The second-order valence-electron chi connectivity index (χ2n) is 6.05. The Morgan fingerprint density at radius 2 is 2.04 bits per heavy atom. The fourth-order valence-corrected chi connectivity index (χ4v) is 2.93. The number of carbonyl (C=O) groups is 3. The van der Waals surface area contributed by atoms with E-state index in [1.807, 2.05) is 0 Å². The lowest BCUT2D eigenvalue weighted by molar-refractivity contribution is -0.149. The second-order valence-corrected chi connectivity index (χ2v) is 6.05. The van der Waals surface area contributed by atoms with E-state index >= 15 is 0 Å². The highest BCUT2D eigenvalue weighted by molar-refractivity contribution is 6.01. The predicted molar refractivity (Wildman–Crippen MR) is 86.0 cm³/mol. The fourth-order valence-electron chi connectivity index (χ4n) is 2.93. The van der Waals surface area contributed by atoms with E-state index in [1.165, 1.54) is 18.2 Å². The number of hydrogen-bond acceptors (Lipinski definition) is 3. The summed E-state index contributed by atoms with van der Waals surface area (Å²) in [5, 5.41) is 14.6. The Morgan fingerprint density at radius 1 is 1.38 bits per heavy atom. The lowest BCUT2D eigenvalue weighted by Crippen LogP contribution is -2.44. The molecule has 0 radical (unpaired) electrons. The molecule has 1 aromatic carbocycles. The highest BCUT2D eigenvalue weighted by Crippen LogP contribution is 2.33. The molecular formula is C17H21FN2O4. The van der Waals surface area contributed by atoms with Crippen LogP contribution in [-0.4, -0.2) is 29.4 Å². The number of rotatable bonds is 6. The summed E-state index contributed by atoms with van der Waals surface area (Å²) in [7, 11) is 0. The van der Waals surface area contributed by atoms with Crippen LogP contribution in [0.25, 0.3) is 0 Å². The summed E-state index contributed by atoms with van der Waals surface area (Å²) < 4.78 is 13.3. The van der Waals surface area contributed by atoms with Gasteiger partial charge in [-0.3, -0.25) is 14.4 Å². The average molecular weight is 336 g/mol. The lowest BCUT2D eigenvalue weighted by atomic mass is 9.82. The molecule has 1 heterocycles. The standard InChI is InChI=1S/C17H21FN2O4/c1-3-17(4-2,16(23)24)9-19-15(22)12-8-14(21)20-13-7-10(18)5-6-11(12)13/h5-7,12H,3-4,8-9H2,1-2H3,(H,19,22)(H,20,21)(H,23,24). The molecule has 1 aliphatic rings. The van der Waals surface area contributed by atoms with Gasteiger partial charge in [0, 0.05) is 18.7 Å². The first-order valence-corrected chi connectivity index (χ1v) is 7.93. The van der Waals surface area contributed by atoms with Crippen molar-refractivity contribution in [1.29, 1.82) is 0 Å². The van der Waals surface area contributed by atoms with E-state index < -0.39 is 29.0 Å². The van der Waals surface area contributed by atoms with Crippen LogP contribution < -0.4 is 10.6 Å². The monoisotopic (exact) mass is 336 g/mol. The Hall–Kier alpha value is -2.44. The number of anilines is 1. The molecule has 0 aromatic heterocycles.